The number of hydrogen-bond donors (Lipinski definition) is 2. The number of nitro groups is 1. The summed E-state index contributed by atoms with van der Waals surface area (Å²) in [5.74, 6) is -3.10. The van der Waals surface area contributed by atoms with Crippen molar-refractivity contribution in [3.63, 3.8) is 0 Å². The second-order valence-corrected chi connectivity index (χ2v) is 6.07. The molecule has 0 saturated heterocycles. The van der Waals surface area contributed by atoms with Crippen molar-refractivity contribution in [2.75, 3.05) is 0 Å². The number of nitrogens with zero attached hydrogens (tertiary/aromatic N) is 3. The summed E-state index contributed by atoms with van der Waals surface area (Å²) in [6.07, 6.45) is -0.749. The van der Waals surface area contributed by atoms with Crippen molar-refractivity contribution in [3.8, 4) is 11.4 Å². The third-order valence-corrected chi connectivity index (χ3v) is 3.88. The number of carboxylic acids is 2. The van der Waals surface area contributed by atoms with Crippen LogP contribution in [0.2, 0.25) is 0 Å². The molecule has 2 N–H and O–H groups in total. The first-order chi connectivity index (χ1) is 14.9. The molecule has 0 amide bonds. The molecule has 1 aromatic heterocycles. The Balaban J connectivity index is 0.000000244. The van der Waals surface area contributed by atoms with E-state index in [4.69, 9.17) is 10.2 Å². The van der Waals surface area contributed by atoms with Crippen LogP contribution in [0.3, 0.4) is 0 Å². The van der Waals surface area contributed by atoms with E-state index in [1.807, 2.05) is 0 Å². The van der Waals surface area contributed by atoms with E-state index in [0.29, 0.717) is 5.56 Å². The van der Waals surface area contributed by atoms with Gasteiger partial charge in [0.1, 0.15) is 0 Å². The van der Waals surface area contributed by atoms with Gasteiger partial charge < -0.3 is 19.5 Å². The number of aryl methyl sites for hydroxylation is 1. The summed E-state index contributed by atoms with van der Waals surface area (Å²) in [4.78, 5) is 34.5. The number of aromatic nitrogens is 2. The SMILES string of the molecule is Cc1ccc(C(=O)O)cc1C(=O)O.O=[N+]([O-])c1ccc(-n2ccnc2)cc1OC(F)(F)F. The van der Waals surface area contributed by atoms with Crippen molar-refractivity contribution in [2.45, 2.75) is 13.3 Å². The summed E-state index contributed by atoms with van der Waals surface area (Å²) in [6, 6.07) is 7.17. The molecule has 1 heterocycles. The van der Waals surface area contributed by atoms with Crippen molar-refractivity contribution in [1.29, 1.82) is 0 Å². The Labute approximate surface area is 177 Å². The molecule has 0 unspecified atom stereocenters. The number of nitro benzene ring substituents is 1. The zero-order valence-electron chi connectivity index (χ0n) is 16.1. The lowest BCUT2D eigenvalue weighted by Crippen LogP contribution is -2.18. The standard InChI is InChI=1S/C10H6F3N3O3.C9H8O4/c11-10(12,13)19-9-5-7(15-4-3-14-6-15)1-2-8(9)16(17)18;1-5-2-3-6(8(10)11)4-7(5)9(12)13/h1-6H;2-4H,1H3,(H,10,11)(H,12,13). The fourth-order valence-corrected chi connectivity index (χ4v) is 2.42. The van der Waals surface area contributed by atoms with Gasteiger partial charge in [0.25, 0.3) is 0 Å². The second kappa shape index (κ2) is 9.59. The van der Waals surface area contributed by atoms with Gasteiger partial charge >= 0.3 is 24.0 Å². The maximum absolute atomic E-state index is 12.2. The van der Waals surface area contributed by atoms with E-state index in [-0.39, 0.29) is 16.8 Å². The Morgan fingerprint density at radius 3 is 2.31 bits per heavy atom. The van der Waals surface area contributed by atoms with E-state index < -0.39 is 34.7 Å². The minimum atomic E-state index is -5.00. The first-order valence-corrected chi connectivity index (χ1v) is 8.49. The number of carboxylic acid groups (broad SMARTS) is 2. The summed E-state index contributed by atoms with van der Waals surface area (Å²) in [6.45, 7) is 1.62. The number of ether oxygens (including phenoxy) is 1. The molecule has 0 atom stereocenters. The van der Waals surface area contributed by atoms with Crippen molar-refractivity contribution in [2.24, 2.45) is 0 Å². The van der Waals surface area contributed by atoms with E-state index >= 15 is 0 Å². The van der Waals surface area contributed by atoms with Gasteiger partial charge in [0.2, 0.25) is 5.75 Å². The summed E-state index contributed by atoms with van der Waals surface area (Å²) < 4.78 is 41.6. The lowest BCUT2D eigenvalue weighted by molar-refractivity contribution is -0.388. The topological polar surface area (TPSA) is 145 Å². The fraction of sp³-hybridized carbons (Fsp3) is 0.105. The summed E-state index contributed by atoms with van der Waals surface area (Å²) in [5.41, 5.74) is 0.0731. The smallest absolute Gasteiger partial charge is 0.478 e. The zero-order chi connectivity index (χ0) is 24.1. The van der Waals surface area contributed by atoms with E-state index in [0.717, 1.165) is 18.2 Å². The van der Waals surface area contributed by atoms with Gasteiger partial charge in [-0.1, -0.05) is 6.07 Å². The highest BCUT2D eigenvalue weighted by Gasteiger charge is 2.34. The number of alkyl halides is 3. The fourth-order valence-electron chi connectivity index (χ4n) is 2.42. The highest BCUT2D eigenvalue weighted by Crippen LogP contribution is 2.33. The van der Waals surface area contributed by atoms with Crippen LogP contribution in [-0.4, -0.2) is 43.0 Å². The monoisotopic (exact) mass is 453 g/mol. The van der Waals surface area contributed by atoms with E-state index in [1.165, 1.54) is 41.5 Å². The number of imidazole rings is 1. The highest BCUT2D eigenvalue weighted by molar-refractivity contribution is 5.94. The Kier molecular flexibility index (Phi) is 7.15. The van der Waals surface area contributed by atoms with Gasteiger partial charge in [-0.25, -0.2) is 14.6 Å². The zero-order valence-corrected chi connectivity index (χ0v) is 16.1. The van der Waals surface area contributed by atoms with Gasteiger partial charge in [0.05, 0.1) is 28.1 Å². The van der Waals surface area contributed by atoms with Crippen LogP contribution in [-0.2, 0) is 0 Å². The summed E-state index contributed by atoms with van der Waals surface area (Å²) in [7, 11) is 0. The molecule has 3 rings (SSSR count). The van der Waals surface area contributed by atoms with Crippen LogP contribution in [0.4, 0.5) is 18.9 Å². The lowest BCUT2D eigenvalue weighted by Gasteiger charge is -2.10. The molecule has 3 aromatic rings. The average molecular weight is 453 g/mol. The number of halogens is 3. The molecule has 168 valence electrons. The van der Waals surface area contributed by atoms with Crippen molar-refractivity contribution < 1.29 is 42.6 Å². The molecular weight excluding hydrogens is 439 g/mol. The number of benzene rings is 2. The van der Waals surface area contributed by atoms with Crippen LogP contribution < -0.4 is 4.74 Å². The molecule has 13 heteroatoms. The van der Waals surface area contributed by atoms with Gasteiger partial charge in [-0.2, -0.15) is 0 Å². The molecule has 2 aromatic carbocycles. The van der Waals surface area contributed by atoms with Crippen LogP contribution in [0.25, 0.3) is 5.69 Å². The molecule has 0 spiro atoms. The normalized spacial score (nSPS) is 10.6. The Hall–Kier alpha value is -4.42. The molecule has 0 aliphatic carbocycles. The van der Waals surface area contributed by atoms with Gasteiger partial charge in [0.15, 0.2) is 0 Å². The molecule has 0 aliphatic heterocycles. The molecule has 0 saturated carbocycles. The molecule has 10 nitrogen and oxygen atoms in total. The Bertz CT molecular complexity index is 1150. The lowest BCUT2D eigenvalue weighted by atomic mass is 10.1. The largest absolute Gasteiger partial charge is 0.573 e. The predicted molar refractivity (Wildman–Crippen MR) is 102 cm³/mol. The maximum Gasteiger partial charge on any atom is 0.573 e. The molecule has 0 aliphatic rings. The van der Waals surface area contributed by atoms with Gasteiger partial charge in [-0.15, -0.1) is 13.2 Å². The number of hydrogen-bond acceptors (Lipinski definition) is 6. The van der Waals surface area contributed by atoms with Gasteiger partial charge in [0, 0.05) is 24.5 Å². The second-order valence-electron chi connectivity index (χ2n) is 6.07. The molecule has 32 heavy (non-hydrogen) atoms. The van der Waals surface area contributed by atoms with Crippen LogP contribution >= 0.6 is 0 Å². The van der Waals surface area contributed by atoms with Crippen LogP contribution in [0.1, 0.15) is 26.3 Å². The van der Waals surface area contributed by atoms with Crippen molar-refractivity contribution in [1.82, 2.24) is 9.55 Å². The predicted octanol–water partition coefficient (Wildman–Crippen LogP) is 4.07. The van der Waals surface area contributed by atoms with E-state index in [1.54, 1.807) is 6.92 Å². The number of carbonyl (C=O) groups is 2. The number of rotatable bonds is 5. The summed E-state index contributed by atoms with van der Waals surface area (Å²) in [5, 5.41) is 27.9. The Morgan fingerprint density at radius 1 is 1.12 bits per heavy atom. The number of aromatic carboxylic acids is 2. The third kappa shape index (κ3) is 6.29. The quantitative estimate of drug-likeness (QED) is 0.434. The first kappa shape index (κ1) is 23.9. The van der Waals surface area contributed by atoms with E-state index in [2.05, 4.69) is 9.72 Å². The Morgan fingerprint density at radius 2 is 1.81 bits per heavy atom. The van der Waals surface area contributed by atoms with Crippen LogP contribution in [0.15, 0.2) is 55.1 Å². The van der Waals surface area contributed by atoms with Crippen molar-refractivity contribution in [3.05, 3.63) is 81.9 Å². The highest BCUT2D eigenvalue weighted by atomic mass is 19.4. The van der Waals surface area contributed by atoms with E-state index in [9.17, 15) is 32.9 Å². The van der Waals surface area contributed by atoms with Crippen LogP contribution in [0, 0.1) is 17.0 Å². The molecule has 0 radical (unpaired) electrons. The average Bonchev–Trinajstić information content (AvgIpc) is 3.21. The third-order valence-electron chi connectivity index (χ3n) is 3.88. The van der Waals surface area contributed by atoms with Crippen LogP contribution in [0.5, 0.6) is 5.75 Å². The minimum absolute atomic E-state index is 0.0111. The summed E-state index contributed by atoms with van der Waals surface area (Å²) >= 11 is 0. The molecular formula is C19H14F3N3O7. The minimum Gasteiger partial charge on any atom is -0.478 e. The van der Waals surface area contributed by atoms with Gasteiger partial charge in [-0.3, -0.25) is 10.1 Å². The van der Waals surface area contributed by atoms with Gasteiger partial charge in [-0.05, 0) is 30.7 Å². The maximum atomic E-state index is 12.2. The molecule has 0 bridgehead atoms. The van der Waals surface area contributed by atoms with Crippen molar-refractivity contribution >= 4 is 17.6 Å². The molecule has 0 fully saturated rings. The first-order valence-electron chi connectivity index (χ1n) is 8.49.